The number of pyridine rings is 1. The fourth-order valence-electron chi connectivity index (χ4n) is 2.09. The molecule has 0 aromatic carbocycles. The molecular weight excluding hydrogens is 248 g/mol. The maximum absolute atomic E-state index is 6.16. The van der Waals surface area contributed by atoms with Crippen molar-refractivity contribution in [1.82, 2.24) is 10.3 Å². The monoisotopic (exact) mass is 270 g/mol. The number of aromatic nitrogens is 1. The van der Waals surface area contributed by atoms with Crippen LogP contribution >= 0.6 is 11.6 Å². The van der Waals surface area contributed by atoms with Gasteiger partial charge in [0.15, 0.2) is 0 Å². The van der Waals surface area contributed by atoms with Crippen LogP contribution in [0.3, 0.4) is 0 Å². The molecular formula is C14H23ClN2O. The second-order valence-electron chi connectivity index (χ2n) is 4.41. The number of nitrogens with zero attached hydrogens (tertiary/aromatic N) is 1. The van der Waals surface area contributed by atoms with Crippen LogP contribution in [-0.2, 0) is 11.2 Å². The Morgan fingerprint density at radius 2 is 2.22 bits per heavy atom. The zero-order valence-corrected chi connectivity index (χ0v) is 12.2. The second kappa shape index (κ2) is 8.46. The third-order valence-corrected chi connectivity index (χ3v) is 3.45. The predicted molar refractivity (Wildman–Crippen MR) is 76.1 cm³/mol. The van der Waals surface area contributed by atoms with E-state index in [9.17, 15) is 0 Å². The average molecular weight is 271 g/mol. The molecule has 1 heterocycles. The molecule has 0 aliphatic heterocycles. The highest BCUT2D eigenvalue weighted by Gasteiger charge is 2.20. The molecule has 2 unspecified atom stereocenters. The van der Waals surface area contributed by atoms with E-state index >= 15 is 0 Å². The Kier molecular flexibility index (Phi) is 7.25. The summed E-state index contributed by atoms with van der Waals surface area (Å²) in [5, 5.41) is 4.27. The van der Waals surface area contributed by atoms with Gasteiger partial charge in [-0.25, -0.2) is 0 Å². The smallest absolute Gasteiger partial charge is 0.0724 e. The van der Waals surface area contributed by atoms with E-state index < -0.39 is 0 Å². The molecule has 18 heavy (non-hydrogen) atoms. The molecule has 1 aromatic heterocycles. The van der Waals surface area contributed by atoms with Crippen molar-refractivity contribution in [2.45, 2.75) is 45.3 Å². The van der Waals surface area contributed by atoms with Gasteiger partial charge in [0.2, 0.25) is 0 Å². The number of halogens is 1. The number of methoxy groups -OCH3 is 1. The molecule has 0 aliphatic carbocycles. The minimum atomic E-state index is 0.209. The fraction of sp³-hybridized carbons (Fsp3) is 0.643. The second-order valence-corrected chi connectivity index (χ2v) is 4.82. The molecule has 102 valence electrons. The summed E-state index contributed by atoms with van der Waals surface area (Å²) >= 11 is 6.16. The summed E-state index contributed by atoms with van der Waals surface area (Å²) < 4.78 is 5.55. The van der Waals surface area contributed by atoms with Crippen LogP contribution in [0.4, 0.5) is 0 Å². The third kappa shape index (κ3) is 4.56. The predicted octanol–water partition coefficient (Wildman–Crippen LogP) is 3.07. The molecule has 1 N–H and O–H groups in total. The van der Waals surface area contributed by atoms with Crippen molar-refractivity contribution in [2.24, 2.45) is 0 Å². The fourth-order valence-corrected chi connectivity index (χ4v) is 2.28. The Labute approximate surface area is 115 Å². The van der Waals surface area contributed by atoms with Crippen LogP contribution in [0, 0.1) is 0 Å². The average Bonchev–Trinajstić information content (AvgIpc) is 2.39. The molecule has 0 saturated heterocycles. The summed E-state index contributed by atoms with van der Waals surface area (Å²) in [5.74, 6) is 0. The number of ether oxygens (including phenoxy) is 1. The van der Waals surface area contributed by atoms with Crippen molar-refractivity contribution < 1.29 is 4.74 Å². The van der Waals surface area contributed by atoms with E-state index in [4.69, 9.17) is 16.3 Å². The zero-order valence-electron chi connectivity index (χ0n) is 11.4. The lowest BCUT2D eigenvalue weighted by atomic mass is 10.00. The molecule has 0 aliphatic rings. The zero-order chi connectivity index (χ0) is 13.4. The van der Waals surface area contributed by atoms with Crippen LogP contribution < -0.4 is 5.32 Å². The SMILES string of the molecule is CCCNC(Cc1ccncc1Cl)C(CC)OC. The van der Waals surface area contributed by atoms with Gasteiger partial charge < -0.3 is 10.1 Å². The summed E-state index contributed by atoms with van der Waals surface area (Å²) in [6.07, 6.45) is 6.66. The van der Waals surface area contributed by atoms with E-state index in [-0.39, 0.29) is 6.10 Å². The van der Waals surface area contributed by atoms with E-state index in [1.54, 1.807) is 19.5 Å². The minimum Gasteiger partial charge on any atom is -0.380 e. The molecule has 0 amide bonds. The Bertz CT molecular complexity index is 342. The summed E-state index contributed by atoms with van der Waals surface area (Å²) in [6, 6.07) is 2.27. The Morgan fingerprint density at radius 1 is 1.44 bits per heavy atom. The van der Waals surface area contributed by atoms with Gasteiger partial charge in [0.1, 0.15) is 0 Å². The molecule has 1 aromatic rings. The topological polar surface area (TPSA) is 34.2 Å². The van der Waals surface area contributed by atoms with Crippen molar-refractivity contribution in [3.05, 3.63) is 29.0 Å². The van der Waals surface area contributed by atoms with E-state index in [0.29, 0.717) is 6.04 Å². The molecule has 1 rings (SSSR count). The van der Waals surface area contributed by atoms with Gasteiger partial charge in [-0.3, -0.25) is 4.98 Å². The van der Waals surface area contributed by atoms with E-state index in [1.165, 1.54) is 0 Å². The summed E-state index contributed by atoms with van der Waals surface area (Å²) in [7, 11) is 1.77. The van der Waals surface area contributed by atoms with Crippen LogP contribution in [0.2, 0.25) is 5.02 Å². The number of hydrogen-bond acceptors (Lipinski definition) is 3. The first kappa shape index (κ1) is 15.4. The van der Waals surface area contributed by atoms with Gasteiger partial charge in [-0.05, 0) is 37.4 Å². The van der Waals surface area contributed by atoms with E-state index in [2.05, 4.69) is 24.1 Å². The highest BCUT2D eigenvalue weighted by Crippen LogP contribution is 2.18. The lowest BCUT2D eigenvalue weighted by Gasteiger charge is -2.26. The number of hydrogen-bond donors (Lipinski definition) is 1. The van der Waals surface area contributed by atoms with Gasteiger partial charge >= 0.3 is 0 Å². The van der Waals surface area contributed by atoms with Crippen LogP contribution in [0.15, 0.2) is 18.5 Å². The number of rotatable bonds is 8. The lowest BCUT2D eigenvalue weighted by Crippen LogP contribution is -2.42. The van der Waals surface area contributed by atoms with E-state index in [0.717, 1.165) is 36.4 Å². The first-order valence-corrected chi connectivity index (χ1v) is 6.95. The van der Waals surface area contributed by atoms with Crippen molar-refractivity contribution in [3.8, 4) is 0 Å². The van der Waals surface area contributed by atoms with Crippen LogP contribution in [0.1, 0.15) is 32.3 Å². The van der Waals surface area contributed by atoms with Gasteiger partial charge in [0.05, 0.1) is 11.1 Å². The lowest BCUT2D eigenvalue weighted by molar-refractivity contribution is 0.0653. The van der Waals surface area contributed by atoms with Crippen LogP contribution in [-0.4, -0.2) is 30.8 Å². The van der Waals surface area contributed by atoms with Gasteiger partial charge in [0, 0.05) is 25.5 Å². The Hall–Kier alpha value is -0.640. The molecule has 2 atom stereocenters. The van der Waals surface area contributed by atoms with Crippen molar-refractivity contribution in [3.63, 3.8) is 0 Å². The highest BCUT2D eigenvalue weighted by molar-refractivity contribution is 6.31. The van der Waals surface area contributed by atoms with Crippen molar-refractivity contribution in [1.29, 1.82) is 0 Å². The molecule has 3 nitrogen and oxygen atoms in total. The van der Waals surface area contributed by atoms with Crippen LogP contribution in [0.25, 0.3) is 0 Å². The quantitative estimate of drug-likeness (QED) is 0.788. The third-order valence-electron chi connectivity index (χ3n) is 3.11. The molecule has 0 bridgehead atoms. The summed E-state index contributed by atoms with van der Waals surface area (Å²) in [5.41, 5.74) is 1.12. The first-order chi connectivity index (χ1) is 8.72. The molecule has 0 fully saturated rings. The maximum atomic E-state index is 6.16. The van der Waals surface area contributed by atoms with Crippen molar-refractivity contribution >= 4 is 11.6 Å². The minimum absolute atomic E-state index is 0.209. The molecule has 0 spiro atoms. The van der Waals surface area contributed by atoms with Crippen LogP contribution in [0.5, 0.6) is 0 Å². The standard InChI is InChI=1S/C14H23ClN2O/c1-4-7-17-13(14(5-2)18-3)9-11-6-8-16-10-12(11)15/h6,8,10,13-14,17H,4-5,7,9H2,1-3H3. The molecule has 4 heteroatoms. The van der Waals surface area contributed by atoms with Crippen molar-refractivity contribution in [2.75, 3.05) is 13.7 Å². The highest BCUT2D eigenvalue weighted by atomic mass is 35.5. The van der Waals surface area contributed by atoms with Gasteiger partial charge in [-0.15, -0.1) is 0 Å². The Balaban J connectivity index is 2.74. The maximum Gasteiger partial charge on any atom is 0.0724 e. The Morgan fingerprint density at radius 3 is 2.78 bits per heavy atom. The molecule has 0 saturated carbocycles. The molecule has 0 radical (unpaired) electrons. The largest absolute Gasteiger partial charge is 0.380 e. The normalized spacial score (nSPS) is 14.4. The van der Waals surface area contributed by atoms with Gasteiger partial charge in [-0.1, -0.05) is 25.4 Å². The van der Waals surface area contributed by atoms with Gasteiger partial charge in [-0.2, -0.15) is 0 Å². The summed E-state index contributed by atoms with van der Waals surface area (Å²) in [6.45, 7) is 5.30. The summed E-state index contributed by atoms with van der Waals surface area (Å²) in [4.78, 5) is 4.02. The first-order valence-electron chi connectivity index (χ1n) is 6.57. The number of nitrogens with one attached hydrogen (secondary N) is 1. The van der Waals surface area contributed by atoms with Gasteiger partial charge in [0.25, 0.3) is 0 Å². The van der Waals surface area contributed by atoms with E-state index in [1.807, 2.05) is 6.07 Å².